The van der Waals surface area contributed by atoms with Crippen molar-refractivity contribution in [3.05, 3.63) is 22.4 Å². The predicted molar refractivity (Wildman–Crippen MR) is 88.9 cm³/mol. The Bertz CT molecular complexity index is 462. The van der Waals surface area contributed by atoms with Crippen LogP contribution >= 0.6 is 11.3 Å². The van der Waals surface area contributed by atoms with E-state index in [4.69, 9.17) is 0 Å². The minimum absolute atomic E-state index is 0.0244. The molecule has 1 aliphatic rings. The second-order valence-electron chi connectivity index (χ2n) is 6.84. The summed E-state index contributed by atoms with van der Waals surface area (Å²) in [6.45, 7) is 12.8. The van der Waals surface area contributed by atoms with Crippen molar-refractivity contribution in [3.63, 3.8) is 0 Å². The Morgan fingerprint density at radius 3 is 2.57 bits per heavy atom. The van der Waals surface area contributed by atoms with Crippen LogP contribution in [0.25, 0.3) is 0 Å². The summed E-state index contributed by atoms with van der Waals surface area (Å²) in [5, 5.41) is 8.57. The van der Waals surface area contributed by atoms with Crippen LogP contribution in [0.15, 0.2) is 17.5 Å². The SMILES string of the molecule is CC(C)(CNC(=O)C(C)(C)N1CCNCC1)c1cccs1. The number of amides is 1. The zero-order valence-corrected chi connectivity index (χ0v) is 14.3. The number of carbonyl (C=O) groups excluding carboxylic acids is 1. The second kappa shape index (κ2) is 6.46. The van der Waals surface area contributed by atoms with Gasteiger partial charge in [0.2, 0.25) is 5.91 Å². The third kappa shape index (κ3) is 3.84. The highest BCUT2D eigenvalue weighted by molar-refractivity contribution is 7.10. The van der Waals surface area contributed by atoms with Crippen LogP contribution in [-0.2, 0) is 10.2 Å². The van der Waals surface area contributed by atoms with Gasteiger partial charge < -0.3 is 10.6 Å². The fourth-order valence-electron chi connectivity index (χ4n) is 2.64. The lowest BCUT2D eigenvalue weighted by Gasteiger charge is -2.40. The van der Waals surface area contributed by atoms with Gasteiger partial charge in [-0.25, -0.2) is 0 Å². The number of nitrogens with zero attached hydrogens (tertiary/aromatic N) is 1. The van der Waals surface area contributed by atoms with Crippen LogP contribution in [0.5, 0.6) is 0 Å². The van der Waals surface area contributed by atoms with E-state index in [2.05, 4.69) is 46.9 Å². The summed E-state index contributed by atoms with van der Waals surface area (Å²) in [4.78, 5) is 16.2. The number of rotatable bonds is 5. The highest BCUT2D eigenvalue weighted by Crippen LogP contribution is 2.27. The maximum absolute atomic E-state index is 12.6. The Hall–Kier alpha value is -0.910. The first-order chi connectivity index (χ1) is 9.84. The molecule has 2 rings (SSSR count). The van der Waals surface area contributed by atoms with Crippen LogP contribution in [-0.4, -0.2) is 49.1 Å². The van der Waals surface area contributed by atoms with E-state index in [1.54, 1.807) is 11.3 Å². The van der Waals surface area contributed by atoms with Crippen molar-refractivity contribution in [2.45, 2.75) is 38.6 Å². The first kappa shape index (κ1) is 16.5. The Balaban J connectivity index is 1.94. The number of nitrogens with one attached hydrogen (secondary N) is 2. The van der Waals surface area contributed by atoms with Gasteiger partial charge in [-0.3, -0.25) is 9.69 Å². The molecular weight excluding hydrogens is 282 g/mol. The molecule has 1 aliphatic heterocycles. The normalized spacial score (nSPS) is 17.7. The van der Waals surface area contributed by atoms with Crippen LogP contribution < -0.4 is 10.6 Å². The molecule has 0 saturated carbocycles. The number of carbonyl (C=O) groups is 1. The van der Waals surface area contributed by atoms with E-state index in [-0.39, 0.29) is 11.3 Å². The van der Waals surface area contributed by atoms with Gasteiger partial charge in [0.25, 0.3) is 0 Å². The molecule has 0 spiro atoms. The Kier molecular flexibility index (Phi) is 5.07. The summed E-state index contributed by atoms with van der Waals surface area (Å²) in [5.74, 6) is 0.119. The van der Waals surface area contributed by atoms with Gasteiger partial charge in [0.1, 0.15) is 0 Å². The number of hydrogen-bond donors (Lipinski definition) is 2. The Labute approximate surface area is 131 Å². The lowest BCUT2D eigenvalue weighted by atomic mass is 9.90. The Morgan fingerprint density at radius 2 is 2.00 bits per heavy atom. The van der Waals surface area contributed by atoms with E-state index in [1.165, 1.54) is 4.88 Å². The van der Waals surface area contributed by atoms with Gasteiger partial charge >= 0.3 is 0 Å². The molecule has 0 bridgehead atoms. The fraction of sp³-hybridized carbons (Fsp3) is 0.688. The van der Waals surface area contributed by atoms with Crippen molar-refractivity contribution >= 4 is 17.2 Å². The lowest BCUT2D eigenvalue weighted by Crippen LogP contribution is -2.60. The van der Waals surface area contributed by atoms with E-state index >= 15 is 0 Å². The molecule has 1 fully saturated rings. The average Bonchev–Trinajstić information content (AvgIpc) is 3.00. The van der Waals surface area contributed by atoms with Gasteiger partial charge in [0.15, 0.2) is 0 Å². The molecule has 5 heteroatoms. The van der Waals surface area contributed by atoms with Crippen molar-refractivity contribution in [1.82, 2.24) is 15.5 Å². The number of piperazine rings is 1. The highest BCUT2D eigenvalue weighted by atomic mass is 32.1. The highest BCUT2D eigenvalue weighted by Gasteiger charge is 2.36. The minimum Gasteiger partial charge on any atom is -0.354 e. The summed E-state index contributed by atoms with van der Waals surface area (Å²) in [6.07, 6.45) is 0. The van der Waals surface area contributed by atoms with E-state index in [9.17, 15) is 4.79 Å². The van der Waals surface area contributed by atoms with Crippen LogP contribution in [0.3, 0.4) is 0 Å². The third-order valence-electron chi connectivity index (χ3n) is 4.34. The molecule has 1 aromatic heterocycles. The van der Waals surface area contributed by atoms with Gasteiger partial charge in [-0.2, -0.15) is 0 Å². The quantitative estimate of drug-likeness (QED) is 0.872. The zero-order chi connectivity index (χ0) is 15.5. The predicted octanol–water partition coefficient (Wildman–Crippen LogP) is 1.83. The molecular formula is C16H27N3OS. The van der Waals surface area contributed by atoms with Crippen LogP contribution in [0, 0.1) is 0 Å². The van der Waals surface area contributed by atoms with Crippen molar-refractivity contribution in [2.75, 3.05) is 32.7 Å². The van der Waals surface area contributed by atoms with E-state index < -0.39 is 5.54 Å². The summed E-state index contributed by atoms with van der Waals surface area (Å²) in [6, 6.07) is 4.20. The molecule has 4 nitrogen and oxygen atoms in total. The standard InChI is InChI=1S/C16H27N3OS/c1-15(2,13-6-5-11-21-13)12-18-14(20)16(3,4)19-9-7-17-8-10-19/h5-6,11,17H,7-10,12H2,1-4H3,(H,18,20). The van der Waals surface area contributed by atoms with Crippen LogP contribution in [0.2, 0.25) is 0 Å². The molecule has 0 unspecified atom stereocenters. The summed E-state index contributed by atoms with van der Waals surface area (Å²) >= 11 is 1.75. The molecule has 2 N–H and O–H groups in total. The van der Waals surface area contributed by atoms with E-state index in [0.29, 0.717) is 6.54 Å². The molecule has 1 aromatic rings. The smallest absolute Gasteiger partial charge is 0.239 e. The molecule has 0 atom stereocenters. The molecule has 0 radical (unpaired) electrons. The van der Waals surface area contributed by atoms with E-state index in [0.717, 1.165) is 26.2 Å². The molecule has 2 heterocycles. The second-order valence-corrected chi connectivity index (χ2v) is 7.79. The first-order valence-electron chi connectivity index (χ1n) is 7.62. The van der Waals surface area contributed by atoms with Gasteiger partial charge in [0.05, 0.1) is 5.54 Å². The fourth-order valence-corrected chi connectivity index (χ4v) is 3.49. The van der Waals surface area contributed by atoms with Crippen LogP contribution in [0.1, 0.15) is 32.6 Å². The van der Waals surface area contributed by atoms with Gasteiger partial charge in [-0.1, -0.05) is 19.9 Å². The third-order valence-corrected chi connectivity index (χ3v) is 5.58. The Morgan fingerprint density at radius 1 is 1.33 bits per heavy atom. The molecule has 1 amide bonds. The van der Waals surface area contributed by atoms with Gasteiger partial charge in [0, 0.05) is 43.0 Å². The van der Waals surface area contributed by atoms with Gasteiger partial charge in [-0.05, 0) is 25.3 Å². The lowest BCUT2D eigenvalue weighted by molar-refractivity contribution is -0.132. The molecule has 0 aromatic carbocycles. The summed E-state index contributed by atoms with van der Waals surface area (Å²) in [7, 11) is 0. The van der Waals surface area contributed by atoms with Crippen molar-refractivity contribution in [1.29, 1.82) is 0 Å². The molecule has 1 saturated heterocycles. The largest absolute Gasteiger partial charge is 0.354 e. The maximum atomic E-state index is 12.6. The molecule has 0 aliphatic carbocycles. The van der Waals surface area contributed by atoms with Crippen molar-refractivity contribution in [3.8, 4) is 0 Å². The maximum Gasteiger partial charge on any atom is 0.239 e. The monoisotopic (exact) mass is 309 g/mol. The van der Waals surface area contributed by atoms with Crippen molar-refractivity contribution in [2.24, 2.45) is 0 Å². The van der Waals surface area contributed by atoms with E-state index in [1.807, 2.05) is 13.8 Å². The van der Waals surface area contributed by atoms with Crippen LogP contribution in [0.4, 0.5) is 0 Å². The van der Waals surface area contributed by atoms with Crippen molar-refractivity contribution < 1.29 is 4.79 Å². The zero-order valence-electron chi connectivity index (χ0n) is 13.5. The molecule has 21 heavy (non-hydrogen) atoms. The summed E-state index contributed by atoms with van der Waals surface area (Å²) in [5.41, 5.74) is -0.475. The average molecular weight is 309 g/mol. The van der Waals surface area contributed by atoms with Gasteiger partial charge in [-0.15, -0.1) is 11.3 Å². The number of hydrogen-bond acceptors (Lipinski definition) is 4. The number of thiophene rings is 1. The minimum atomic E-state index is -0.451. The first-order valence-corrected chi connectivity index (χ1v) is 8.50. The molecule has 118 valence electrons. The topological polar surface area (TPSA) is 44.4 Å². The summed E-state index contributed by atoms with van der Waals surface area (Å²) < 4.78 is 0.